The van der Waals surface area contributed by atoms with Crippen LogP contribution in [0.15, 0.2) is 30.3 Å². The summed E-state index contributed by atoms with van der Waals surface area (Å²) in [5.74, 6) is 0.868. The fourth-order valence-corrected chi connectivity index (χ4v) is 3.55. The normalized spacial score (nSPS) is 36.2. The van der Waals surface area contributed by atoms with E-state index in [0.29, 0.717) is 0 Å². The molecular formula is C15H18N2O3. The van der Waals surface area contributed by atoms with Gasteiger partial charge in [-0.2, -0.15) is 5.06 Å². The Hall–Kier alpha value is -1.59. The van der Waals surface area contributed by atoms with Crippen molar-refractivity contribution in [2.24, 2.45) is 0 Å². The van der Waals surface area contributed by atoms with Crippen LogP contribution in [0.3, 0.4) is 0 Å². The van der Waals surface area contributed by atoms with Gasteiger partial charge in [0, 0.05) is 13.6 Å². The van der Waals surface area contributed by atoms with Crippen molar-refractivity contribution < 1.29 is 14.4 Å². The van der Waals surface area contributed by atoms with Gasteiger partial charge in [-0.3, -0.25) is 9.63 Å². The Morgan fingerprint density at radius 1 is 1.30 bits per heavy atom. The molecule has 20 heavy (non-hydrogen) atoms. The maximum atomic E-state index is 12.3. The number of β-lactam (4-membered cyclic amide) rings is 1. The first-order chi connectivity index (χ1) is 9.74. The fourth-order valence-electron chi connectivity index (χ4n) is 3.55. The van der Waals surface area contributed by atoms with E-state index in [1.54, 1.807) is 0 Å². The summed E-state index contributed by atoms with van der Waals surface area (Å²) in [4.78, 5) is 20.0. The lowest BCUT2D eigenvalue weighted by Crippen LogP contribution is -2.72. The Morgan fingerprint density at radius 2 is 2.10 bits per heavy atom. The summed E-state index contributed by atoms with van der Waals surface area (Å²) in [6.45, 7) is 0.785. The molecule has 1 aromatic rings. The lowest BCUT2D eigenvalue weighted by atomic mass is 9.90. The van der Waals surface area contributed by atoms with Crippen molar-refractivity contribution >= 4 is 5.91 Å². The third-order valence-corrected chi connectivity index (χ3v) is 4.58. The number of amides is 1. The maximum absolute atomic E-state index is 12.3. The number of nitrogens with zero attached hydrogens (tertiary/aromatic N) is 2. The predicted molar refractivity (Wildman–Crippen MR) is 72.0 cm³/mol. The van der Waals surface area contributed by atoms with Gasteiger partial charge in [0.25, 0.3) is 5.91 Å². The minimum atomic E-state index is -0.370. The Balaban J connectivity index is 1.57. The molecule has 5 heteroatoms. The highest BCUT2D eigenvalue weighted by atomic mass is 16.7. The van der Waals surface area contributed by atoms with E-state index in [0.717, 1.165) is 25.1 Å². The molecule has 4 atom stereocenters. The molecule has 4 rings (SSSR count). The fraction of sp³-hybridized carbons (Fsp3) is 0.533. The van der Waals surface area contributed by atoms with Crippen LogP contribution >= 0.6 is 0 Å². The molecule has 106 valence electrons. The van der Waals surface area contributed by atoms with Crippen LogP contribution < -0.4 is 4.74 Å². The van der Waals surface area contributed by atoms with E-state index in [1.165, 1.54) is 0 Å². The van der Waals surface area contributed by atoms with Crippen LogP contribution in [0.2, 0.25) is 0 Å². The molecule has 3 heterocycles. The van der Waals surface area contributed by atoms with E-state index in [4.69, 9.17) is 9.57 Å². The molecule has 2 unspecified atom stereocenters. The van der Waals surface area contributed by atoms with Crippen LogP contribution in [0.25, 0.3) is 0 Å². The standard InChI is InChI=1S/C15H18N2O3/c1-16-12-9-11(20-16)7-8-17-13(12)14(15(17)18)19-10-5-3-2-4-6-10/h2-6,11-14H,7-9H2,1H3/t11?,12?,13-,14+/m0/s1. The molecule has 3 aliphatic rings. The highest BCUT2D eigenvalue weighted by molar-refractivity contribution is 5.89. The third kappa shape index (κ3) is 1.73. The van der Waals surface area contributed by atoms with E-state index in [-0.39, 0.29) is 30.2 Å². The maximum Gasteiger partial charge on any atom is 0.266 e. The zero-order valence-electron chi connectivity index (χ0n) is 11.4. The number of hydrogen-bond donors (Lipinski definition) is 0. The van der Waals surface area contributed by atoms with Gasteiger partial charge in [-0.05, 0) is 25.0 Å². The predicted octanol–water partition coefficient (Wildman–Crippen LogP) is 1.05. The second kappa shape index (κ2) is 4.46. The van der Waals surface area contributed by atoms with Gasteiger partial charge in [-0.25, -0.2) is 0 Å². The molecule has 5 nitrogen and oxygen atoms in total. The van der Waals surface area contributed by atoms with Crippen molar-refractivity contribution in [3.63, 3.8) is 0 Å². The summed E-state index contributed by atoms with van der Waals surface area (Å²) in [5.41, 5.74) is 0. The number of hydroxylamine groups is 2. The summed E-state index contributed by atoms with van der Waals surface area (Å²) >= 11 is 0. The molecule has 1 amide bonds. The van der Waals surface area contributed by atoms with Gasteiger partial charge >= 0.3 is 0 Å². The number of hydrogen-bond acceptors (Lipinski definition) is 4. The van der Waals surface area contributed by atoms with Crippen molar-refractivity contribution in [2.75, 3.05) is 13.6 Å². The molecule has 2 bridgehead atoms. The molecule has 0 N–H and O–H groups in total. The largest absolute Gasteiger partial charge is 0.478 e. The highest BCUT2D eigenvalue weighted by Crippen LogP contribution is 2.38. The van der Waals surface area contributed by atoms with Gasteiger partial charge in [-0.15, -0.1) is 0 Å². The number of benzene rings is 1. The van der Waals surface area contributed by atoms with Crippen LogP contribution in [0.5, 0.6) is 5.75 Å². The molecule has 0 saturated carbocycles. The zero-order valence-corrected chi connectivity index (χ0v) is 11.4. The molecule has 0 aliphatic carbocycles. The van der Waals surface area contributed by atoms with Gasteiger partial charge in [0.05, 0.1) is 18.2 Å². The van der Waals surface area contributed by atoms with Crippen molar-refractivity contribution in [2.45, 2.75) is 37.1 Å². The molecule has 1 aromatic carbocycles. The Morgan fingerprint density at radius 3 is 2.90 bits per heavy atom. The van der Waals surface area contributed by atoms with Crippen molar-refractivity contribution in [1.29, 1.82) is 0 Å². The Bertz CT molecular complexity index is 521. The van der Waals surface area contributed by atoms with Crippen LogP contribution in [-0.4, -0.2) is 53.8 Å². The Labute approximate surface area is 118 Å². The van der Waals surface area contributed by atoms with Crippen molar-refractivity contribution in [3.05, 3.63) is 30.3 Å². The van der Waals surface area contributed by atoms with Gasteiger partial charge in [0.1, 0.15) is 5.75 Å². The first-order valence-electron chi connectivity index (χ1n) is 7.16. The summed E-state index contributed by atoms with van der Waals surface area (Å²) in [7, 11) is 1.95. The van der Waals surface area contributed by atoms with Crippen LogP contribution in [0.4, 0.5) is 0 Å². The third-order valence-electron chi connectivity index (χ3n) is 4.58. The molecular weight excluding hydrogens is 256 g/mol. The lowest BCUT2D eigenvalue weighted by molar-refractivity contribution is -0.199. The monoisotopic (exact) mass is 274 g/mol. The molecule has 0 radical (unpaired) electrons. The average molecular weight is 274 g/mol. The molecule has 3 saturated heterocycles. The van der Waals surface area contributed by atoms with Crippen LogP contribution in [0.1, 0.15) is 12.8 Å². The topological polar surface area (TPSA) is 42.0 Å². The molecule has 0 spiro atoms. The number of carbonyl (C=O) groups is 1. The molecule has 0 aromatic heterocycles. The van der Waals surface area contributed by atoms with Gasteiger partial charge in [0.15, 0.2) is 6.10 Å². The molecule has 3 aliphatic heterocycles. The lowest BCUT2D eigenvalue weighted by Gasteiger charge is -2.49. The quantitative estimate of drug-likeness (QED) is 0.756. The minimum Gasteiger partial charge on any atom is -0.478 e. The van der Waals surface area contributed by atoms with Crippen molar-refractivity contribution in [3.8, 4) is 5.75 Å². The van der Waals surface area contributed by atoms with Crippen LogP contribution in [-0.2, 0) is 9.63 Å². The summed E-state index contributed by atoms with van der Waals surface area (Å²) in [6.07, 6.45) is 1.78. The molecule has 3 fully saturated rings. The van der Waals surface area contributed by atoms with E-state index in [1.807, 2.05) is 47.3 Å². The van der Waals surface area contributed by atoms with Gasteiger partial charge in [0.2, 0.25) is 0 Å². The van der Waals surface area contributed by atoms with E-state index in [2.05, 4.69) is 0 Å². The SMILES string of the molecule is CN1OC2CCN3C(=O)[C@H](Oc4ccccc4)[C@@H]3C1C2. The van der Waals surface area contributed by atoms with E-state index in [9.17, 15) is 4.79 Å². The number of fused-ring (bicyclic) bond motifs is 4. The smallest absolute Gasteiger partial charge is 0.266 e. The first kappa shape index (κ1) is 12.2. The average Bonchev–Trinajstić information content (AvgIpc) is 2.72. The van der Waals surface area contributed by atoms with E-state index < -0.39 is 0 Å². The second-order valence-electron chi connectivity index (χ2n) is 5.74. The minimum absolute atomic E-state index is 0.111. The second-order valence-corrected chi connectivity index (χ2v) is 5.74. The van der Waals surface area contributed by atoms with E-state index >= 15 is 0 Å². The number of carbonyl (C=O) groups excluding carboxylic acids is 1. The summed E-state index contributed by atoms with van der Waals surface area (Å²) in [6, 6.07) is 9.92. The van der Waals surface area contributed by atoms with Gasteiger partial charge in [-0.1, -0.05) is 18.2 Å². The number of ether oxygens (including phenoxy) is 1. The first-order valence-corrected chi connectivity index (χ1v) is 7.16. The van der Waals surface area contributed by atoms with Crippen molar-refractivity contribution in [1.82, 2.24) is 9.96 Å². The number of para-hydroxylation sites is 1. The van der Waals surface area contributed by atoms with Gasteiger partial charge < -0.3 is 9.64 Å². The zero-order chi connectivity index (χ0) is 13.7. The summed E-state index contributed by atoms with van der Waals surface area (Å²) in [5, 5.41) is 1.91. The Kier molecular flexibility index (Phi) is 2.72. The summed E-state index contributed by atoms with van der Waals surface area (Å²) < 4.78 is 5.91. The number of likely N-dealkylation sites (N-methyl/N-ethyl adjacent to an activating group) is 1. The van der Waals surface area contributed by atoms with Crippen LogP contribution in [0, 0.1) is 0 Å². The highest BCUT2D eigenvalue weighted by Gasteiger charge is 2.57. The number of rotatable bonds is 2.